The summed E-state index contributed by atoms with van der Waals surface area (Å²) in [6.45, 7) is 5.83. The maximum Gasteiger partial charge on any atom is 0.169 e. The van der Waals surface area contributed by atoms with E-state index in [0.29, 0.717) is 17.7 Å². The zero-order valence-corrected chi connectivity index (χ0v) is 18.4. The van der Waals surface area contributed by atoms with E-state index in [-0.39, 0.29) is 30.6 Å². The van der Waals surface area contributed by atoms with Gasteiger partial charge < -0.3 is 9.42 Å². The number of carbonyl (C=O) groups excluding carboxylic acids is 1. The fraction of sp³-hybridized carbons (Fsp3) is 0.304. The molecule has 4 rings (SSSR count). The standard InChI is InChI=1S/C23H25N3O2.2ClH/c27-22(21-18-28-24-23(21)20-9-5-2-6-10-20)11-12-25-13-15-26(16-14-25)17-19-7-3-1-4-8-19;;/h1-10,18H,11-17H2;2*1H. The van der Waals surface area contributed by atoms with Crippen LogP contribution in [0.3, 0.4) is 0 Å². The maximum absolute atomic E-state index is 12.7. The van der Waals surface area contributed by atoms with Gasteiger partial charge in [0.15, 0.2) is 5.78 Å². The van der Waals surface area contributed by atoms with Crippen molar-refractivity contribution in [2.75, 3.05) is 32.7 Å². The average molecular weight is 448 g/mol. The van der Waals surface area contributed by atoms with Crippen LogP contribution >= 0.6 is 24.8 Å². The van der Waals surface area contributed by atoms with Gasteiger partial charge in [0.05, 0.1) is 5.56 Å². The van der Waals surface area contributed by atoms with Crippen molar-refractivity contribution in [1.82, 2.24) is 15.0 Å². The first-order chi connectivity index (χ1) is 13.8. The molecule has 1 aliphatic heterocycles. The first kappa shape index (κ1) is 24.1. The van der Waals surface area contributed by atoms with E-state index in [4.69, 9.17) is 4.52 Å². The summed E-state index contributed by atoms with van der Waals surface area (Å²) in [6, 6.07) is 20.3. The van der Waals surface area contributed by atoms with E-state index in [1.54, 1.807) is 0 Å². The minimum absolute atomic E-state index is 0. The Kier molecular flexibility index (Phi) is 9.53. The molecule has 2 aromatic carbocycles. The van der Waals surface area contributed by atoms with Crippen LogP contribution in [-0.2, 0) is 6.54 Å². The van der Waals surface area contributed by atoms with Gasteiger partial charge in [-0.25, -0.2) is 0 Å². The lowest BCUT2D eigenvalue weighted by Crippen LogP contribution is -2.46. The molecule has 0 saturated carbocycles. The van der Waals surface area contributed by atoms with Gasteiger partial charge in [-0.3, -0.25) is 9.69 Å². The molecule has 0 N–H and O–H groups in total. The van der Waals surface area contributed by atoms with Gasteiger partial charge in [-0.2, -0.15) is 0 Å². The van der Waals surface area contributed by atoms with Crippen LogP contribution < -0.4 is 0 Å². The lowest BCUT2D eigenvalue weighted by Gasteiger charge is -2.34. The number of halogens is 2. The van der Waals surface area contributed by atoms with Gasteiger partial charge in [0.2, 0.25) is 0 Å². The van der Waals surface area contributed by atoms with Gasteiger partial charge in [-0.1, -0.05) is 65.8 Å². The molecule has 1 saturated heterocycles. The maximum atomic E-state index is 12.7. The quantitative estimate of drug-likeness (QED) is 0.496. The SMILES string of the molecule is Cl.Cl.O=C(CCN1CCN(Cc2ccccc2)CC1)c1conc1-c1ccccc1. The third-order valence-corrected chi connectivity index (χ3v) is 5.29. The molecule has 7 heteroatoms. The normalized spacial score (nSPS) is 14.5. The molecule has 0 amide bonds. The summed E-state index contributed by atoms with van der Waals surface area (Å²) in [5.41, 5.74) is 3.48. The molecule has 3 aromatic rings. The van der Waals surface area contributed by atoms with Gasteiger partial charge in [0.1, 0.15) is 12.0 Å². The van der Waals surface area contributed by atoms with E-state index in [9.17, 15) is 4.79 Å². The molecule has 0 bridgehead atoms. The van der Waals surface area contributed by atoms with Crippen LogP contribution in [0.15, 0.2) is 71.4 Å². The lowest BCUT2D eigenvalue weighted by molar-refractivity contribution is 0.0922. The third kappa shape index (κ3) is 6.16. The fourth-order valence-corrected chi connectivity index (χ4v) is 3.65. The molecule has 1 aliphatic rings. The average Bonchev–Trinajstić information content (AvgIpc) is 3.24. The fourth-order valence-electron chi connectivity index (χ4n) is 3.65. The zero-order chi connectivity index (χ0) is 19.2. The van der Waals surface area contributed by atoms with E-state index < -0.39 is 0 Å². The number of hydrogen-bond acceptors (Lipinski definition) is 5. The van der Waals surface area contributed by atoms with Crippen LogP contribution in [0.4, 0.5) is 0 Å². The molecule has 0 aliphatic carbocycles. The third-order valence-electron chi connectivity index (χ3n) is 5.29. The van der Waals surface area contributed by atoms with Crippen LogP contribution in [0, 0.1) is 0 Å². The van der Waals surface area contributed by atoms with E-state index in [1.165, 1.54) is 11.8 Å². The van der Waals surface area contributed by atoms with Crippen molar-refractivity contribution in [2.45, 2.75) is 13.0 Å². The Labute approximate surface area is 189 Å². The Balaban J connectivity index is 0.00000160. The summed E-state index contributed by atoms with van der Waals surface area (Å²) in [5, 5.41) is 4.04. The molecule has 1 aromatic heterocycles. The minimum Gasteiger partial charge on any atom is -0.363 e. The monoisotopic (exact) mass is 447 g/mol. The summed E-state index contributed by atoms with van der Waals surface area (Å²) in [4.78, 5) is 17.6. The van der Waals surface area contributed by atoms with Crippen molar-refractivity contribution in [3.05, 3.63) is 78.1 Å². The topological polar surface area (TPSA) is 49.6 Å². The van der Waals surface area contributed by atoms with E-state index >= 15 is 0 Å². The van der Waals surface area contributed by atoms with Crippen molar-refractivity contribution < 1.29 is 9.32 Å². The number of piperazine rings is 1. The number of aromatic nitrogens is 1. The van der Waals surface area contributed by atoms with Crippen molar-refractivity contribution in [3.63, 3.8) is 0 Å². The van der Waals surface area contributed by atoms with Crippen LogP contribution in [0.2, 0.25) is 0 Å². The Morgan fingerprint density at radius 3 is 2.13 bits per heavy atom. The van der Waals surface area contributed by atoms with Crippen LogP contribution in [0.25, 0.3) is 11.3 Å². The number of rotatable bonds is 7. The highest BCUT2D eigenvalue weighted by molar-refractivity contribution is 6.01. The zero-order valence-electron chi connectivity index (χ0n) is 16.8. The van der Waals surface area contributed by atoms with Crippen molar-refractivity contribution in [3.8, 4) is 11.3 Å². The van der Waals surface area contributed by atoms with Gasteiger partial charge in [0.25, 0.3) is 0 Å². The molecule has 5 nitrogen and oxygen atoms in total. The highest BCUT2D eigenvalue weighted by Gasteiger charge is 2.20. The molecule has 0 radical (unpaired) electrons. The molecule has 2 heterocycles. The van der Waals surface area contributed by atoms with Crippen LogP contribution in [0.1, 0.15) is 22.3 Å². The summed E-state index contributed by atoms with van der Waals surface area (Å²) in [7, 11) is 0. The number of hydrogen-bond donors (Lipinski definition) is 0. The molecular formula is C23H27Cl2N3O2. The smallest absolute Gasteiger partial charge is 0.169 e. The summed E-state index contributed by atoms with van der Waals surface area (Å²) < 4.78 is 5.09. The number of benzene rings is 2. The van der Waals surface area contributed by atoms with Gasteiger partial charge in [-0.15, -0.1) is 24.8 Å². The number of nitrogens with zero attached hydrogens (tertiary/aromatic N) is 3. The molecule has 0 spiro atoms. The van der Waals surface area contributed by atoms with Crippen LogP contribution in [-0.4, -0.2) is 53.5 Å². The Hall–Kier alpha value is -2.18. The predicted molar refractivity (Wildman–Crippen MR) is 124 cm³/mol. The highest BCUT2D eigenvalue weighted by atomic mass is 35.5. The summed E-state index contributed by atoms with van der Waals surface area (Å²) in [6.07, 6.45) is 1.96. The minimum atomic E-state index is 0. The first-order valence-corrected chi connectivity index (χ1v) is 9.81. The highest BCUT2D eigenvalue weighted by Crippen LogP contribution is 2.23. The van der Waals surface area contributed by atoms with Crippen molar-refractivity contribution in [2.24, 2.45) is 0 Å². The lowest BCUT2D eigenvalue weighted by atomic mass is 10.0. The van der Waals surface area contributed by atoms with Gasteiger partial charge in [-0.05, 0) is 5.56 Å². The largest absolute Gasteiger partial charge is 0.363 e. The second-order valence-electron chi connectivity index (χ2n) is 7.22. The number of carbonyl (C=O) groups is 1. The van der Waals surface area contributed by atoms with Crippen molar-refractivity contribution in [1.29, 1.82) is 0 Å². The number of Topliss-reactive ketones (excluding diaryl/α,β-unsaturated/α-hetero) is 1. The van der Waals surface area contributed by atoms with E-state index in [2.05, 4.69) is 45.3 Å². The van der Waals surface area contributed by atoms with E-state index in [1.807, 2.05) is 30.3 Å². The molecular weight excluding hydrogens is 421 g/mol. The summed E-state index contributed by atoms with van der Waals surface area (Å²) >= 11 is 0. The summed E-state index contributed by atoms with van der Waals surface area (Å²) in [5.74, 6) is 0.0896. The Bertz CT molecular complexity index is 895. The second kappa shape index (κ2) is 11.9. The Morgan fingerprint density at radius 1 is 0.867 bits per heavy atom. The molecule has 160 valence electrons. The Morgan fingerprint density at radius 2 is 1.47 bits per heavy atom. The number of ketones is 1. The van der Waals surface area contributed by atoms with Gasteiger partial charge >= 0.3 is 0 Å². The molecule has 0 unspecified atom stereocenters. The predicted octanol–water partition coefficient (Wildman–Crippen LogP) is 4.58. The first-order valence-electron chi connectivity index (χ1n) is 9.81. The van der Waals surface area contributed by atoms with E-state index in [0.717, 1.165) is 44.8 Å². The van der Waals surface area contributed by atoms with Crippen molar-refractivity contribution >= 4 is 30.6 Å². The van der Waals surface area contributed by atoms with Gasteiger partial charge in [0, 0.05) is 51.3 Å². The van der Waals surface area contributed by atoms with Crippen LogP contribution in [0.5, 0.6) is 0 Å². The molecule has 1 fully saturated rings. The molecule has 30 heavy (non-hydrogen) atoms. The molecule has 0 atom stereocenters. The second-order valence-corrected chi connectivity index (χ2v) is 7.22.